The lowest BCUT2D eigenvalue weighted by Gasteiger charge is -2.18. The maximum atomic E-state index is 12.3. The van der Waals surface area contributed by atoms with Gasteiger partial charge in [-0.15, -0.1) is 0 Å². The van der Waals surface area contributed by atoms with Crippen LogP contribution < -0.4 is 14.8 Å². The lowest BCUT2D eigenvalue weighted by atomic mass is 9.88. The van der Waals surface area contributed by atoms with Crippen LogP contribution in [-0.2, 0) is 4.79 Å². The van der Waals surface area contributed by atoms with Gasteiger partial charge in [0.15, 0.2) is 0 Å². The third-order valence-corrected chi connectivity index (χ3v) is 4.99. The highest BCUT2D eigenvalue weighted by Gasteiger charge is 2.13. The van der Waals surface area contributed by atoms with Crippen LogP contribution >= 0.6 is 0 Å². The highest BCUT2D eigenvalue weighted by Crippen LogP contribution is 2.27. The van der Waals surface area contributed by atoms with E-state index in [1.165, 1.54) is 17.2 Å². The fourth-order valence-corrected chi connectivity index (χ4v) is 3.42. The largest absolute Gasteiger partial charge is 0.497 e. The summed E-state index contributed by atoms with van der Waals surface area (Å²) in [7, 11) is 3.20. The molecular formula is C26H27NO3. The molecule has 0 aliphatic carbocycles. The van der Waals surface area contributed by atoms with E-state index in [9.17, 15) is 4.79 Å². The lowest BCUT2D eigenvalue weighted by molar-refractivity contribution is -0.116. The van der Waals surface area contributed by atoms with Gasteiger partial charge in [0.2, 0.25) is 5.91 Å². The predicted molar refractivity (Wildman–Crippen MR) is 121 cm³/mol. The van der Waals surface area contributed by atoms with Gasteiger partial charge in [-0.25, -0.2) is 0 Å². The van der Waals surface area contributed by atoms with Gasteiger partial charge in [-0.05, 0) is 35.8 Å². The highest BCUT2D eigenvalue weighted by atomic mass is 16.5. The van der Waals surface area contributed by atoms with Crippen molar-refractivity contribution in [2.45, 2.75) is 12.3 Å². The van der Waals surface area contributed by atoms with Crippen LogP contribution in [0.5, 0.6) is 11.5 Å². The Bertz CT molecular complexity index is 929. The minimum Gasteiger partial charge on any atom is -0.497 e. The molecule has 3 rings (SSSR count). The Hall–Kier alpha value is -3.53. The average Bonchev–Trinajstić information content (AvgIpc) is 2.81. The zero-order valence-corrected chi connectivity index (χ0v) is 17.4. The fourth-order valence-electron chi connectivity index (χ4n) is 3.42. The Labute approximate surface area is 178 Å². The minimum absolute atomic E-state index is 0.132. The molecule has 0 aliphatic rings. The molecule has 0 aromatic heterocycles. The Balaban J connectivity index is 1.61. The Morgan fingerprint density at radius 2 is 1.53 bits per heavy atom. The number of amides is 1. The van der Waals surface area contributed by atoms with Crippen molar-refractivity contribution in [2.24, 2.45) is 0 Å². The molecule has 0 fully saturated rings. The molecule has 154 valence electrons. The van der Waals surface area contributed by atoms with Crippen molar-refractivity contribution in [3.05, 3.63) is 102 Å². The maximum absolute atomic E-state index is 12.3. The average molecular weight is 402 g/mol. The number of carbonyl (C=O) groups excluding carboxylic acids is 1. The Morgan fingerprint density at radius 3 is 2.10 bits per heavy atom. The van der Waals surface area contributed by atoms with E-state index in [4.69, 9.17) is 9.47 Å². The standard InChI is InChI=1S/C26H27NO3/c1-29-23-15-13-22(25(19-23)30-2)14-16-26(28)27-18-17-24(20-9-5-3-6-10-20)21-11-7-4-8-12-21/h3-16,19,24H,17-18H2,1-2H3,(H,27,28)/b16-14+. The molecule has 0 aliphatic heterocycles. The van der Waals surface area contributed by atoms with E-state index in [-0.39, 0.29) is 11.8 Å². The van der Waals surface area contributed by atoms with Crippen LogP contribution in [0.25, 0.3) is 6.08 Å². The molecule has 0 radical (unpaired) electrons. The molecule has 1 N–H and O–H groups in total. The minimum atomic E-state index is -0.132. The summed E-state index contributed by atoms with van der Waals surface area (Å²) in [5, 5.41) is 2.99. The van der Waals surface area contributed by atoms with Gasteiger partial charge >= 0.3 is 0 Å². The number of hydrogen-bond acceptors (Lipinski definition) is 3. The summed E-state index contributed by atoms with van der Waals surface area (Å²) in [6.07, 6.45) is 4.10. The van der Waals surface area contributed by atoms with E-state index in [1.807, 2.05) is 24.3 Å². The van der Waals surface area contributed by atoms with Gasteiger partial charge in [-0.3, -0.25) is 4.79 Å². The summed E-state index contributed by atoms with van der Waals surface area (Å²) in [6.45, 7) is 0.581. The van der Waals surface area contributed by atoms with E-state index >= 15 is 0 Å². The number of rotatable bonds is 9. The normalized spacial score (nSPS) is 10.9. The van der Waals surface area contributed by atoms with Crippen LogP contribution in [0.2, 0.25) is 0 Å². The number of ether oxygens (including phenoxy) is 2. The number of methoxy groups -OCH3 is 2. The monoisotopic (exact) mass is 401 g/mol. The van der Waals surface area contributed by atoms with Gasteiger partial charge in [0.25, 0.3) is 0 Å². The third kappa shape index (κ3) is 5.74. The van der Waals surface area contributed by atoms with Crippen LogP contribution in [0, 0.1) is 0 Å². The molecule has 3 aromatic carbocycles. The molecule has 0 bridgehead atoms. The molecule has 4 heteroatoms. The summed E-state index contributed by atoms with van der Waals surface area (Å²) < 4.78 is 10.6. The molecule has 0 spiro atoms. The lowest BCUT2D eigenvalue weighted by Crippen LogP contribution is -2.23. The molecule has 0 saturated carbocycles. The number of benzene rings is 3. The van der Waals surface area contributed by atoms with Crippen molar-refractivity contribution in [3.63, 3.8) is 0 Å². The smallest absolute Gasteiger partial charge is 0.244 e. The Kier molecular flexibility index (Phi) is 7.67. The van der Waals surface area contributed by atoms with Crippen LogP contribution in [-0.4, -0.2) is 26.7 Å². The molecule has 0 saturated heterocycles. The summed E-state index contributed by atoms with van der Waals surface area (Å²) in [5.74, 6) is 1.47. The van der Waals surface area contributed by atoms with Gasteiger partial charge < -0.3 is 14.8 Å². The van der Waals surface area contributed by atoms with E-state index in [0.29, 0.717) is 18.0 Å². The predicted octanol–water partition coefficient (Wildman–Crippen LogP) is 5.06. The summed E-state index contributed by atoms with van der Waals surface area (Å²) in [4.78, 5) is 12.3. The number of nitrogens with one attached hydrogen (secondary N) is 1. The van der Waals surface area contributed by atoms with Crippen molar-refractivity contribution >= 4 is 12.0 Å². The van der Waals surface area contributed by atoms with Crippen LogP contribution in [0.15, 0.2) is 84.9 Å². The van der Waals surface area contributed by atoms with Crippen molar-refractivity contribution in [2.75, 3.05) is 20.8 Å². The second-order valence-corrected chi connectivity index (χ2v) is 6.89. The number of carbonyl (C=O) groups is 1. The first kappa shape index (κ1) is 21.2. The van der Waals surface area contributed by atoms with Gasteiger partial charge in [-0.2, -0.15) is 0 Å². The van der Waals surface area contributed by atoms with E-state index in [1.54, 1.807) is 26.4 Å². The third-order valence-electron chi connectivity index (χ3n) is 4.99. The molecule has 0 atom stereocenters. The first-order valence-electron chi connectivity index (χ1n) is 9.99. The zero-order valence-electron chi connectivity index (χ0n) is 17.4. The van der Waals surface area contributed by atoms with Crippen LogP contribution in [0.3, 0.4) is 0 Å². The molecular weight excluding hydrogens is 374 g/mol. The Morgan fingerprint density at radius 1 is 0.900 bits per heavy atom. The molecule has 1 amide bonds. The summed E-state index contributed by atoms with van der Waals surface area (Å²) in [6, 6.07) is 26.3. The van der Waals surface area contributed by atoms with Crippen molar-refractivity contribution in [3.8, 4) is 11.5 Å². The van der Waals surface area contributed by atoms with Crippen LogP contribution in [0.1, 0.15) is 29.0 Å². The highest BCUT2D eigenvalue weighted by molar-refractivity contribution is 5.92. The van der Waals surface area contributed by atoms with Gasteiger partial charge in [0.1, 0.15) is 11.5 Å². The van der Waals surface area contributed by atoms with Gasteiger partial charge in [0.05, 0.1) is 14.2 Å². The van der Waals surface area contributed by atoms with Crippen LogP contribution in [0.4, 0.5) is 0 Å². The first-order chi connectivity index (χ1) is 14.7. The second-order valence-electron chi connectivity index (χ2n) is 6.89. The fraction of sp³-hybridized carbons (Fsp3) is 0.192. The number of hydrogen-bond donors (Lipinski definition) is 1. The molecule has 30 heavy (non-hydrogen) atoms. The summed E-state index contributed by atoms with van der Waals surface area (Å²) >= 11 is 0. The molecule has 3 aromatic rings. The van der Waals surface area contributed by atoms with Crippen molar-refractivity contribution < 1.29 is 14.3 Å². The van der Waals surface area contributed by atoms with Crippen molar-refractivity contribution in [1.29, 1.82) is 0 Å². The zero-order chi connectivity index (χ0) is 21.2. The maximum Gasteiger partial charge on any atom is 0.244 e. The van der Waals surface area contributed by atoms with E-state index in [2.05, 4.69) is 53.8 Å². The van der Waals surface area contributed by atoms with Gasteiger partial charge in [-0.1, -0.05) is 60.7 Å². The van der Waals surface area contributed by atoms with Gasteiger partial charge in [0, 0.05) is 30.2 Å². The first-order valence-corrected chi connectivity index (χ1v) is 9.99. The summed E-state index contributed by atoms with van der Waals surface area (Å²) in [5.41, 5.74) is 3.31. The molecule has 0 unspecified atom stereocenters. The molecule has 0 heterocycles. The van der Waals surface area contributed by atoms with Crippen molar-refractivity contribution in [1.82, 2.24) is 5.32 Å². The second kappa shape index (κ2) is 10.9. The van der Waals surface area contributed by atoms with E-state index < -0.39 is 0 Å². The topological polar surface area (TPSA) is 47.6 Å². The quantitative estimate of drug-likeness (QED) is 0.510. The van der Waals surface area contributed by atoms with E-state index in [0.717, 1.165) is 12.0 Å². The molecule has 4 nitrogen and oxygen atoms in total. The SMILES string of the molecule is COc1ccc(/C=C/C(=O)NCCC(c2ccccc2)c2ccccc2)c(OC)c1.